The SMILES string of the molecule is COCC(=O)N1CCCN(C(=O)c2cccc(F)c2)CC1. The van der Waals surface area contributed by atoms with E-state index in [-0.39, 0.29) is 18.4 Å². The normalized spacial score (nSPS) is 15.7. The first-order valence-corrected chi connectivity index (χ1v) is 6.93. The first kappa shape index (κ1) is 15.4. The Bertz CT molecular complexity index is 521. The van der Waals surface area contributed by atoms with Gasteiger partial charge in [-0.3, -0.25) is 9.59 Å². The van der Waals surface area contributed by atoms with Crippen LogP contribution in [0.25, 0.3) is 0 Å². The topological polar surface area (TPSA) is 49.9 Å². The average Bonchev–Trinajstić information content (AvgIpc) is 2.72. The fourth-order valence-corrected chi connectivity index (χ4v) is 2.39. The molecule has 0 saturated carbocycles. The number of ether oxygens (including phenoxy) is 1. The molecule has 1 saturated heterocycles. The van der Waals surface area contributed by atoms with Gasteiger partial charge in [-0.1, -0.05) is 6.07 Å². The molecule has 2 rings (SSSR count). The molecule has 1 fully saturated rings. The maximum atomic E-state index is 13.2. The molecule has 1 aromatic carbocycles. The van der Waals surface area contributed by atoms with E-state index in [1.807, 2.05) is 0 Å². The maximum Gasteiger partial charge on any atom is 0.254 e. The van der Waals surface area contributed by atoms with E-state index in [1.165, 1.54) is 25.3 Å². The Morgan fingerprint density at radius 2 is 1.90 bits per heavy atom. The van der Waals surface area contributed by atoms with Gasteiger partial charge in [-0.15, -0.1) is 0 Å². The standard InChI is InChI=1S/C15H19FN2O3/c1-21-11-14(19)17-6-3-7-18(9-8-17)15(20)12-4-2-5-13(16)10-12/h2,4-5,10H,3,6-9,11H2,1H3. The molecular weight excluding hydrogens is 275 g/mol. The van der Waals surface area contributed by atoms with Gasteiger partial charge in [-0.2, -0.15) is 0 Å². The maximum absolute atomic E-state index is 13.2. The molecule has 2 amide bonds. The third-order valence-electron chi connectivity index (χ3n) is 3.48. The Kier molecular flexibility index (Phi) is 5.27. The summed E-state index contributed by atoms with van der Waals surface area (Å²) in [7, 11) is 1.48. The van der Waals surface area contributed by atoms with Gasteiger partial charge in [-0.25, -0.2) is 4.39 Å². The monoisotopic (exact) mass is 294 g/mol. The third kappa shape index (κ3) is 4.01. The summed E-state index contributed by atoms with van der Waals surface area (Å²) in [5.41, 5.74) is 0.340. The van der Waals surface area contributed by atoms with Crippen LogP contribution in [-0.2, 0) is 9.53 Å². The van der Waals surface area contributed by atoms with E-state index in [0.29, 0.717) is 38.2 Å². The first-order valence-electron chi connectivity index (χ1n) is 6.93. The van der Waals surface area contributed by atoms with Crippen molar-refractivity contribution in [3.8, 4) is 0 Å². The van der Waals surface area contributed by atoms with Crippen LogP contribution in [0.15, 0.2) is 24.3 Å². The highest BCUT2D eigenvalue weighted by Crippen LogP contribution is 2.11. The van der Waals surface area contributed by atoms with Gasteiger partial charge in [0, 0.05) is 38.9 Å². The Morgan fingerprint density at radius 1 is 1.19 bits per heavy atom. The van der Waals surface area contributed by atoms with Crippen LogP contribution >= 0.6 is 0 Å². The fraction of sp³-hybridized carbons (Fsp3) is 0.467. The minimum absolute atomic E-state index is 0.0534. The van der Waals surface area contributed by atoms with Crippen molar-refractivity contribution in [3.05, 3.63) is 35.6 Å². The van der Waals surface area contributed by atoms with Gasteiger partial charge in [0.05, 0.1) is 0 Å². The number of benzene rings is 1. The van der Waals surface area contributed by atoms with Crippen LogP contribution in [0.5, 0.6) is 0 Å². The molecule has 0 aromatic heterocycles. The minimum Gasteiger partial charge on any atom is -0.375 e. The van der Waals surface area contributed by atoms with E-state index in [9.17, 15) is 14.0 Å². The van der Waals surface area contributed by atoms with E-state index < -0.39 is 5.82 Å². The zero-order chi connectivity index (χ0) is 15.2. The van der Waals surface area contributed by atoms with Crippen molar-refractivity contribution in [2.75, 3.05) is 39.9 Å². The average molecular weight is 294 g/mol. The Hall–Kier alpha value is -1.95. The summed E-state index contributed by atoms with van der Waals surface area (Å²) in [6.07, 6.45) is 0.705. The zero-order valence-electron chi connectivity index (χ0n) is 12.0. The Balaban J connectivity index is 1.99. The number of carbonyl (C=O) groups excluding carboxylic acids is 2. The second-order valence-electron chi connectivity index (χ2n) is 4.97. The number of rotatable bonds is 3. The summed E-state index contributed by atoms with van der Waals surface area (Å²) >= 11 is 0. The highest BCUT2D eigenvalue weighted by molar-refractivity contribution is 5.94. The molecule has 1 aliphatic rings. The highest BCUT2D eigenvalue weighted by Gasteiger charge is 2.22. The lowest BCUT2D eigenvalue weighted by atomic mass is 10.2. The van der Waals surface area contributed by atoms with Crippen LogP contribution in [0.1, 0.15) is 16.8 Å². The van der Waals surface area contributed by atoms with Gasteiger partial charge in [0.15, 0.2) is 0 Å². The summed E-state index contributed by atoms with van der Waals surface area (Å²) in [4.78, 5) is 27.5. The molecular formula is C15H19FN2O3. The van der Waals surface area contributed by atoms with E-state index in [4.69, 9.17) is 4.74 Å². The quantitative estimate of drug-likeness (QED) is 0.840. The summed E-state index contributed by atoms with van der Waals surface area (Å²) in [5.74, 6) is -0.694. The van der Waals surface area contributed by atoms with Crippen molar-refractivity contribution >= 4 is 11.8 Å². The largest absolute Gasteiger partial charge is 0.375 e. The molecule has 6 heteroatoms. The molecule has 21 heavy (non-hydrogen) atoms. The fourth-order valence-electron chi connectivity index (χ4n) is 2.39. The summed E-state index contributed by atoms with van der Waals surface area (Å²) in [6.45, 7) is 2.15. The molecule has 114 valence electrons. The zero-order valence-corrected chi connectivity index (χ0v) is 12.0. The Morgan fingerprint density at radius 3 is 2.62 bits per heavy atom. The summed E-state index contributed by atoms with van der Waals surface area (Å²) < 4.78 is 18.0. The van der Waals surface area contributed by atoms with Crippen LogP contribution in [0.3, 0.4) is 0 Å². The number of hydrogen-bond acceptors (Lipinski definition) is 3. The van der Waals surface area contributed by atoms with Crippen molar-refractivity contribution in [2.45, 2.75) is 6.42 Å². The van der Waals surface area contributed by atoms with Crippen molar-refractivity contribution in [3.63, 3.8) is 0 Å². The molecule has 1 heterocycles. The lowest BCUT2D eigenvalue weighted by Gasteiger charge is -2.22. The molecule has 5 nitrogen and oxygen atoms in total. The van der Waals surface area contributed by atoms with Crippen LogP contribution in [0.4, 0.5) is 4.39 Å². The smallest absolute Gasteiger partial charge is 0.254 e. The summed E-state index contributed by atoms with van der Waals surface area (Å²) in [5, 5.41) is 0. The van der Waals surface area contributed by atoms with Gasteiger partial charge in [0.1, 0.15) is 12.4 Å². The van der Waals surface area contributed by atoms with Crippen molar-refractivity contribution < 1.29 is 18.7 Å². The van der Waals surface area contributed by atoms with Crippen molar-refractivity contribution in [1.29, 1.82) is 0 Å². The molecule has 0 aliphatic carbocycles. The first-order chi connectivity index (χ1) is 10.1. The molecule has 0 N–H and O–H groups in total. The molecule has 0 atom stereocenters. The van der Waals surface area contributed by atoms with Gasteiger partial charge < -0.3 is 14.5 Å². The number of nitrogens with zero attached hydrogens (tertiary/aromatic N) is 2. The second kappa shape index (κ2) is 7.17. The number of carbonyl (C=O) groups is 2. The van der Waals surface area contributed by atoms with Gasteiger partial charge in [0.2, 0.25) is 5.91 Å². The van der Waals surface area contributed by atoms with Gasteiger partial charge in [0.25, 0.3) is 5.91 Å². The van der Waals surface area contributed by atoms with Crippen LogP contribution in [0, 0.1) is 5.82 Å². The molecule has 1 aliphatic heterocycles. The van der Waals surface area contributed by atoms with E-state index in [0.717, 1.165) is 0 Å². The van der Waals surface area contributed by atoms with E-state index in [2.05, 4.69) is 0 Å². The Labute approximate surface area is 123 Å². The van der Waals surface area contributed by atoms with Gasteiger partial charge in [-0.05, 0) is 24.6 Å². The second-order valence-corrected chi connectivity index (χ2v) is 4.97. The van der Waals surface area contributed by atoms with E-state index >= 15 is 0 Å². The molecule has 0 unspecified atom stereocenters. The third-order valence-corrected chi connectivity index (χ3v) is 3.48. The van der Waals surface area contributed by atoms with Crippen LogP contribution < -0.4 is 0 Å². The van der Waals surface area contributed by atoms with Crippen molar-refractivity contribution in [1.82, 2.24) is 9.80 Å². The van der Waals surface area contributed by atoms with Crippen LogP contribution in [0.2, 0.25) is 0 Å². The number of hydrogen-bond donors (Lipinski definition) is 0. The molecule has 1 aromatic rings. The molecule has 0 bridgehead atoms. The number of amides is 2. The predicted molar refractivity (Wildman–Crippen MR) is 75.4 cm³/mol. The summed E-state index contributed by atoms with van der Waals surface area (Å²) in [6, 6.07) is 5.67. The predicted octanol–water partition coefficient (Wildman–Crippen LogP) is 1.15. The number of methoxy groups -OCH3 is 1. The van der Waals surface area contributed by atoms with Crippen LogP contribution in [-0.4, -0.2) is 61.5 Å². The number of halogens is 1. The van der Waals surface area contributed by atoms with E-state index in [1.54, 1.807) is 15.9 Å². The lowest BCUT2D eigenvalue weighted by molar-refractivity contribution is -0.135. The van der Waals surface area contributed by atoms with Crippen molar-refractivity contribution in [2.24, 2.45) is 0 Å². The minimum atomic E-state index is -0.424. The highest BCUT2D eigenvalue weighted by atomic mass is 19.1. The molecule has 0 radical (unpaired) electrons. The lowest BCUT2D eigenvalue weighted by Crippen LogP contribution is -2.38. The molecule has 0 spiro atoms. The van der Waals surface area contributed by atoms with Gasteiger partial charge >= 0.3 is 0 Å².